The van der Waals surface area contributed by atoms with E-state index in [2.05, 4.69) is 10.6 Å². The summed E-state index contributed by atoms with van der Waals surface area (Å²) in [5, 5.41) is 5.67. The third kappa shape index (κ3) is 5.04. The molecule has 0 aliphatic carbocycles. The van der Waals surface area contributed by atoms with E-state index in [1.54, 1.807) is 4.90 Å². The van der Waals surface area contributed by atoms with E-state index in [1.165, 1.54) is 0 Å². The summed E-state index contributed by atoms with van der Waals surface area (Å²) in [6.07, 6.45) is 0.369. The van der Waals surface area contributed by atoms with E-state index in [9.17, 15) is 9.59 Å². The minimum Gasteiger partial charge on any atom is -0.337 e. The van der Waals surface area contributed by atoms with Crippen LogP contribution in [-0.4, -0.2) is 61.5 Å². The van der Waals surface area contributed by atoms with Gasteiger partial charge in [0, 0.05) is 32.6 Å². The van der Waals surface area contributed by atoms with E-state index in [4.69, 9.17) is 0 Å². The number of rotatable bonds is 6. The topological polar surface area (TPSA) is 64.7 Å². The minimum atomic E-state index is -0.207. The molecule has 1 aromatic rings. The lowest BCUT2D eigenvalue weighted by atomic mass is 10.2. The summed E-state index contributed by atoms with van der Waals surface area (Å²) in [5.41, 5.74) is 1.10. The van der Waals surface area contributed by atoms with E-state index in [-0.39, 0.29) is 18.0 Å². The van der Waals surface area contributed by atoms with Crippen LogP contribution in [0.3, 0.4) is 0 Å². The first-order valence-corrected chi connectivity index (χ1v) is 7.55. The van der Waals surface area contributed by atoms with Gasteiger partial charge in [-0.3, -0.25) is 4.79 Å². The van der Waals surface area contributed by atoms with Crippen molar-refractivity contribution in [1.82, 2.24) is 20.4 Å². The predicted molar refractivity (Wildman–Crippen MR) is 85.4 cm³/mol. The molecule has 1 saturated heterocycles. The summed E-state index contributed by atoms with van der Waals surface area (Å²) >= 11 is 0. The van der Waals surface area contributed by atoms with Gasteiger partial charge in [0.1, 0.15) is 0 Å². The van der Waals surface area contributed by atoms with Crippen molar-refractivity contribution in [3.8, 4) is 0 Å². The second-order valence-corrected chi connectivity index (χ2v) is 5.86. The number of carbonyl (C=O) groups excluding carboxylic acids is 2. The molecule has 2 N–H and O–H groups in total. The standard InChI is InChI=1S/C16H24N4O2/c1-19(2)9-8-17-16(22)18-14-10-15(21)20(12-14)11-13-6-4-3-5-7-13/h3-7,14H,8-12H2,1-2H3,(H2,17,18,22). The summed E-state index contributed by atoms with van der Waals surface area (Å²) in [7, 11) is 3.91. The molecule has 0 aromatic heterocycles. The lowest BCUT2D eigenvalue weighted by molar-refractivity contribution is -0.128. The van der Waals surface area contributed by atoms with Crippen LogP contribution in [-0.2, 0) is 11.3 Å². The number of hydrogen-bond acceptors (Lipinski definition) is 3. The van der Waals surface area contributed by atoms with Crippen molar-refractivity contribution in [2.24, 2.45) is 0 Å². The molecule has 120 valence electrons. The van der Waals surface area contributed by atoms with Crippen molar-refractivity contribution in [1.29, 1.82) is 0 Å². The zero-order chi connectivity index (χ0) is 15.9. The van der Waals surface area contributed by atoms with Gasteiger partial charge in [-0.25, -0.2) is 4.79 Å². The number of likely N-dealkylation sites (tertiary alicyclic amines) is 1. The summed E-state index contributed by atoms with van der Waals surface area (Å²) in [5.74, 6) is 0.0856. The zero-order valence-corrected chi connectivity index (χ0v) is 13.2. The van der Waals surface area contributed by atoms with Gasteiger partial charge in [-0.2, -0.15) is 0 Å². The van der Waals surface area contributed by atoms with Crippen LogP contribution in [0.1, 0.15) is 12.0 Å². The first kappa shape index (κ1) is 16.3. The maximum Gasteiger partial charge on any atom is 0.315 e. The van der Waals surface area contributed by atoms with Crippen molar-refractivity contribution in [3.63, 3.8) is 0 Å². The predicted octanol–water partition coefficient (Wildman–Crippen LogP) is 0.648. The van der Waals surface area contributed by atoms with Gasteiger partial charge in [0.2, 0.25) is 5.91 Å². The van der Waals surface area contributed by atoms with Gasteiger partial charge >= 0.3 is 6.03 Å². The molecule has 2 rings (SSSR count). The first-order chi connectivity index (χ1) is 10.5. The Hall–Kier alpha value is -2.08. The van der Waals surface area contributed by atoms with Crippen molar-refractivity contribution in [2.75, 3.05) is 33.7 Å². The number of urea groups is 1. The molecule has 1 aliphatic heterocycles. The molecular weight excluding hydrogens is 280 g/mol. The van der Waals surface area contributed by atoms with Crippen LogP contribution in [0.4, 0.5) is 4.79 Å². The molecule has 3 amide bonds. The third-order valence-corrected chi connectivity index (χ3v) is 3.61. The van der Waals surface area contributed by atoms with Gasteiger partial charge in [0.25, 0.3) is 0 Å². The molecule has 22 heavy (non-hydrogen) atoms. The van der Waals surface area contributed by atoms with E-state index in [1.807, 2.05) is 49.3 Å². The molecule has 1 aromatic carbocycles. The molecule has 1 fully saturated rings. The summed E-state index contributed by atoms with van der Waals surface area (Å²) in [6.45, 7) is 2.54. The number of amides is 3. The Morgan fingerprint density at radius 2 is 2.05 bits per heavy atom. The van der Waals surface area contributed by atoms with Crippen LogP contribution in [0.25, 0.3) is 0 Å². The van der Waals surface area contributed by atoms with Crippen molar-refractivity contribution >= 4 is 11.9 Å². The van der Waals surface area contributed by atoms with Gasteiger partial charge in [0.05, 0.1) is 6.04 Å². The van der Waals surface area contributed by atoms with E-state index >= 15 is 0 Å². The molecule has 0 spiro atoms. The lowest BCUT2D eigenvalue weighted by Gasteiger charge is -2.17. The zero-order valence-electron chi connectivity index (χ0n) is 13.2. The van der Waals surface area contributed by atoms with Crippen molar-refractivity contribution < 1.29 is 9.59 Å². The van der Waals surface area contributed by atoms with Gasteiger partial charge < -0.3 is 20.4 Å². The Morgan fingerprint density at radius 1 is 1.32 bits per heavy atom. The Labute approximate surface area is 131 Å². The van der Waals surface area contributed by atoms with Crippen LogP contribution < -0.4 is 10.6 Å². The number of hydrogen-bond donors (Lipinski definition) is 2. The molecule has 1 unspecified atom stereocenters. The molecular formula is C16H24N4O2. The van der Waals surface area contributed by atoms with Gasteiger partial charge in [0.15, 0.2) is 0 Å². The molecule has 1 heterocycles. The molecule has 6 heteroatoms. The summed E-state index contributed by atoms with van der Waals surface area (Å²) in [6, 6.07) is 9.56. The number of likely N-dealkylation sites (N-methyl/N-ethyl adjacent to an activating group) is 1. The Bertz CT molecular complexity index is 504. The maximum atomic E-state index is 12.0. The monoisotopic (exact) mass is 304 g/mol. The minimum absolute atomic E-state index is 0.0856. The molecule has 1 atom stereocenters. The molecule has 0 bridgehead atoms. The van der Waals surface area contributed by atoms with Crippen LogP contribution in [0.15, 0.2) is 30.3 Å². The van der Waals surface area contributed by atoms with Gasteiger partial charge in [-0.1, -0.05) is 30.3 Å². The van der Waals surface area contributed by atoms with E-state index in [0.717, 1.165) is 12.1 Å². The van der Waals surface area contributed by atoms with Crippen LogP contribution in [0, 0.1) is 0 Å². The summed E-state index contributed by atoms with van der Waals surface area (Å²) < 4.78 is 0. The molecule has 1 aliphatic rings. The quantitative estimate of drug-likeness (QED) is 0.811. The normalized spacial score (nSPS) is 17.9. The number of nitrogens with zero attached hydrogens (tertiary/aromatic N) is 2. The smallest absolute Gasteiger partial charge is 0.315 e. The Kier molecular flexibility index (Phi) is 5.77. The molecule has 6 nitrogen and oxygen atoms in total. The van der Waals surface area contributed by atoms with E-state index in [0.29, 0.717) is 26.1 Å². The number of benzene rings is 1. The second-order valence-electron chi connectivity index (χ2n) is 5.86. The highest BCUT2D eigenvalue weighted by Crippen LogP contribution is 2.14. The SMILES string of the molecule is CN(C)CCNC(=O)NC1CC(=O)N(Cc2ccccc2)C1. The van der Waals surface area contributed by atoms with Gasteiger partial charge in [-0.15, -0.1) is 0 Å². The van der Waals surface area contributed by atoms with Crippen molar-refractivity contribution in [3.05, 3.63) is 35.9 Å². The Balaban J connectivity index is 1.76. The Morgan fingerprint density at radius 3 is 2.73 bits per heavy atom. The fraction of sp³-hybridized carbons (Fsp3) is 0.500. The van der Waals surface area contributed by atoms with Crippen LogP contribution >= 0.6 is 0 Å². The fourth-order valence-corrected chi connectivity index (χ4v) is 2.45. The molecule has 0 saturated carbocycles. The van der Waals surface area contributed by atoms with E-state index < -0.39 is 0 Å². The highest BCUT2D eigenvalue weighted by Gasteiger charge is 2.30. The van der Waals surface area contributed by atoms with Crippen LogP contribution in [0.2, 0.25) is 0 Å². The van der Waals surface area contributed by atoms with Crippen molar-refractivity contribution in [2.45, 2.75) is 19.0 Å². The lowest BCUT2D eigenvalue weighted by Crippen LogP contribution is -2.44. The third-order valence-electron chi connectivity index (χ3n) is 3.61. The largest absolute Gasteiger partial charge is 0.337 e. The van der Waals surface area contributed by atoms with Crippen LogP contribution in [0.5, 0.6) is 0 Å². The average Bonchev–Trinajstić information content (AvgIpc) is 2.79. The highest BCUT2D eigenvalue weighted by molar-refractivity contribution is 5.81. The second kappa shape index (κ2) is 7.79. The van der Waals surface area contributed by atoms with Gasteiger partial charge in [-0.05, 0) is 19.7 Å². The fourth-order valence-electron chi connectivity index (χ4n) is 2.45. The highest BCUT2D eigenvalue weighted by atomic mass is 16.2. The first-order valence-electron chi connectivity index (χ1n) is 7.55. The number of carbonyl (C=O) groups is 2. The summed E-state index contributed by atoms with van der Waals surface area (Å²) in [4.78, 5) is 27.6. The average molecular weight is 304 g/mol. The number of nitrogens with one attached hydrogen (secondary N) is 2. The maximum absolute atomic E-state index is 12.0. The molecule has 0 radical (unpaired) electrons.